The maximum absolute atomic E-state index is 13.8. The maximum atomic E-state index is 13.8. The zero-order valence-corrected chi connectivity index (χ0v) is 20.6. The normalized spacial score (nSPS) is 23.0. The van der Waals surface area contributed by atoms with Crippen LogP contribution in [-0.4, -0.2) is 75.5 Å². The van der Waals surface area contributed by atoms with E-state index in [2.05, 4.69) is 20.5 Å². The third kappa shape index (κ3) is 5.15. The third-order valence-corrected chi connectivity index (χ3v) is 7.60. The molecule has 3 aliphatic rings. The summed E-state index contributed by atoms with van der Waals surface area (Å²) >= 11 is 0. The minimum Gasteiger partial charge on any atom is -0.382 e. The molecule has 2 aromatic heterocycles. The molecule has 2 fully saturated rings. The van der Waals surface area contributed by atoms with E-state index in [4.69, 9.17) is 0 Å². The second-order valence-corrected chi connectivity index (χ2v) is 10.1. The van der Waals surface area contributed by atoms with Crippen molar-refractivity contribution in [1.82, 2.24) is 20.1 Å². The van der Waals surface area contributed by atoms with Crippen LogP contribution >= 0.6 is 0 Å². The number of aromatic amines is 1. The molecule has 2 saturated heterocycles. The third-order valence-electron chi connectivity index (χ3n) is 7.60. The molecule has 39 heavy (non-hydrogen) atoms. The van der Waals surface area contributed by atoms with Gasteiger partial charge < -0.3 is 20.2 Å². The molecule has 0 bridgehead atoms. The van der Waals surface area contributed by atoms with Crippen LogP contribution in [0, 0.1) is 0 Å². The first-order valence-electron chi connectivity index (χ1n) is 12.6. The molecule has 0 spiro atoms. The van der Waals surface area contributed by atoms with Gasteiger partial charge in [0, 0.05) is 43.9 Å². The number of piperidine rings is 2. The van der Waals surface area contributed by atoms with Crippen molar-refractivity contribution in [1.29, 1.82) is 0 Å². The molecule has 15 heteroatoms. The number of hydrogen-bond donors (Lipinski definition) is 3. The Hall–Kier alpha value is -3.36. The number of pyridine rings is 1. The minimum absolute atomic E-state index is 0.0763. The number of aliphatic hydroxyl groups is 1. The molecule has 2 amide bonds. The molecule has 2 aromatic rings. The molecule has 9 nitrogen and oxygen atoms in total. The van der Waals surface area contributed by atoms with Gasteiger partial charge in [0.15, 0.2) is 0 Å². The second kappa shape index (κ2) is 9.99. The average molecular weight is 560 g/mol. The highest BCUT2D eigenvalue weighted by atomic mass is 19.4. The van der Waals surface area contributed by atoms with Crippen LogP contribution in [-0.2, 0) is 11.0 Å². The van der Waals surface area contributed by atoms with E-state index in [1.165, 1.54) is 4.90 Å². The highest BCUT2D eigenvalue weighted by Gasteiger charge is 2.54. The Kier molecular flexibility index (Phi) is 6.97. The first-order valence-corrected chi connectivity index (χ1v) is 12.6. The zero-order chi connectivity index (χ0) is 28.1. The Labute approximate surface area is 218 Å². The molecule has 0 unspecified atom stereocenters. The molecular weight excluding hydrogens is 534 g/mol. The number of rotatable bonds is 3. The van der Waals surface area contributed by atoms with Crippen LogP contribution in [0.4, 0.5) is 38.0 Å². The van der Waals surface area contributed by atoms with Crippen molar-refractivity contribution in [2.75, 3.05) is 36.4 Å². The Morgan fingerprint density at radius 3 is 2.31 bits per heavy atom. The van der Waals surface area contributed by atoms with Crippen LogP contribution in [0.25, 0.3) is 0 Å². The summed E-state index contributed by atoms with van der Waals surface area (Å²) in [5.41, 5.74) is -1.82. The Morgan fingerprint density at radius 1 is 1.03 bits per heavy atom. The summed E-state index contributed by atoms with van der Waals surface area (Å²) in [5, 5.41) is 18.6. The summed E-state index contributed by atoms with van der Waals surface area (Å²) in [5.74, 6) is -4.84. The van der Waals surface area contributed by atoms with Gasteiger partial charge in [-0.3, -0.25) is 14.7 Å². The van der Waals surface area contributed by atoms with Crippen molar-refractivity contribution in [2.45, 2.75) is 62.4 Å². The van der Waals surface area contributed by atoms with E-state index in [0.29, 0.717) is 32.1 Å². The Balaban J connectivity index is 1.37. The first-order chi connectivity index (χ1) is 18.4. The van der Waals surface area contributed by atoms with Crippen LogP contribution in [0.3, 0.4) is 0 Å². The lowest BCUT2D eigenvalue weighted by atomic mass is 9.83. The lowest BCUT2D eigenvalue weighted by Crippen LogP contribution is -2.44. The van der Waals surface area contributed by atoms with E-state index in [1.54, 1.807) is 4.90 Å². The number of amides is 2. The van der Waals surface area contributed by atoms with E-state index < -0.39 is 53.2 Å². The molecular formula is C24H26F6N6O3. The SMILES string of the molecule is O=C1Nc2[nH]nc(C3CCN(c4cc(C(=O)N5CCCCC5)c(C(F)(F)F)cn4)CC3)c2[C@H](C(F)(F)F)[C@@H]1O. The van der Waals surface area contributed by atoms with Gasteiger partial charge in [-0.2, -0.15) is 31.4 Å². The predicted molar refractivity (Wildman–Crippen MR) is 125 cm³/mol. The number of carbonyl (C=O) groups excluding carboxylic acids is 2. The minimum atomic E-state index is -4.90. The Bertz CT molecular complexity index is 1250. The predicted octanol–water partition coefficient (Wildman–Crippen LogP) is 3.79. The van der Waals surface area contributed by atoms with Gasteiger partial charge in [0.2, 0.25) is 0 Å². The van der Waals surface area contributed by atoms with E-state index in [9.17, 15) is 41.0 Å². The lowest BCUT2D eigenvalue weighted by Gasteiger charge is -2.35. The van der Waals surface area contributed by atoms with Gasteiger partial charge in [-0.25, -0.2) is 4.98 Å². The smallest absolute Gasteiger partial charge is 0.382 e. The van der Waals surface area contributed by atoms with E-state index in [0.717, 1.165) is 12.5 Å². The summed E-state index contributed by atoms with van der Waals surface area (Å²) in [6, 6.07) is 1.14. The average Bonchev–Trinajstić information content (AvgIpc) is 3.30. The van der Waals surface area contributed by atoms with Crippen LogP contribution in [0.2, 0.25) is 0 Å². The number of carbonyl (C=O) groups is 2. The highest BCUT2D eigenvalue weighted by molar-refractivity contribution is 5.98. The molecule has 2 atom stereocenters. The van der Waals surface area contributed by atoms with Crippen LogP contribution < -0.4 is 10.2 Å². The molecule has 3 aliphatic heterocycles. The molecule has 0 aromatic carbocycles. The van der Waals surface area contributed by atoms with Gasteiger partial charge >= 0.3 is 12.4 Å². The van der Waals surface area contributed by atoms with Gasteiger partial charge in [-0.1, -0.05) is 0 Å². The van der Waals surface area contributed by atoms with Crippen LogP contribution in [0.1, 0.15) is 71.1 Å². The topological polar surface area (TPSA) is 114 Å². The van der Waals surface area contributed by atoms with Crippen LogP contribution in [0.15, 0.2) is 12.3 Å². The van der Waals surface area contributed by atoms with E-state index in [-0.39, 0.29) is 48.8 Å². The largest absolute Gasteiger partial charge is 0.418 e. The van der Waals surface area contributed by atoms with Crippen molar-refractivity contribution in [3.05, 3.63) is 34.6 Å². The van der Waals surface area contributed by atoms with Gasteiger partial charge in [0.25, 0.3) is 11.8 Å². The van der Waals surface area contributed by atoms with Gasteiger partial charge in [0.1, 0.15) is 23.7 Å². The molecule has 212 valence electrons. The Morgan fingerprint density at radius 2 is 1.69 bits per heavy atom. The zero-order valence-electron chi connectivity index (χ0n) is 20.6. The molecule has 0 radical (unpaired) electrons. The number of fused-ring (bicyclic) bond motifs is 1. The number of aliphatic hydroxyl groups excluding tert-OH is 1. The first kappa shape index (κ1) is 27.2. The number of hydrogen-bond acceptors (Lipinski definition) is 6. The number of aromatic nitrogens is 3. The molecule has 5 heterocycles. The van der Waals surface area contributed by atoms with Gasteiger partial charge in [0.05, 0.1) is 16.8 Å². The number of nitrogens with one attached hydrogen (secondary N) is 2. The summed E-state index contributed by atoms with van der Waals surface area (Å²) in [4.78, 5) is 31.9. The van der Waals surface area contributed by atoms with Crippen LogP contribution in [0.5, 0.6) is 0 Å². The highest BCUT2D eigenvalue weighted by Crippen LogP contribution is 2.47. The summed E-state index contributed by atoms with van der Waals surface area (Å²) in [6.45, 7) is 1.21. The summed E-state index contributed by atoms with van der Waals surface area (Å²) in [6.07, 6.45) is -8.44. The molecule has 5 rings (SSSR count). The van der Waals surface area contributed by atoms with Gasteiger partial charge in [-0.05, 0) is 38.2 Å². The number of likely N-dealkylation sites (tertiary alicyclic amines) is 1. The van der Waals surface area contributed by atoms with Crippen molar-refractivity contribution in [3.8, 4) is 0 Å². The summed E-state index contributed by atoms with van der Waals surface area (Å²) < 4.78 is 82.5. The monoisotopic (exact) mass is 560 g/mol. The van der Waals surface area contributed by atoms with E-state index >= 15 is 0 Å². The van der Waals surface area contributed by atoms with Crippen molar-refractivity contribution in [2.24, 2.45) is 0 Å². The summed E-state index contributed by atoms with van der Waals surface area (Å²) in [7, 11) is 0. The fraction of sp³-hybridized carbons (Fsp3) is 0.583. The molecule has 3 N–H and O–H groups in total. The number of halogens is 6. The van der Waals surface area contributed by atoms with Crippen molar-refractivity contribution < 1.29 is 41.0 Å². The van der Waals surface area contributed by atoms with Gasteiger partial charge in [-0.15, -0.1) is 0 Å². The lowest BCUT2D eigenvalue weighted by molar-refractivity contribution is -0.177. The molecule has 0 aliphatic carbocycles. The standard InChI is InChI=1S/C24H26F6N6O3/c25-23(26,27)14-11-31-15(10-13(14)22(39)36-6-2-1-3-7-36)35-8-4-12(5-9-35)18-16-17(24(28,29)30)19(37)21(38)32-20(16)34-33-18/h10-12,17,19,37H,1-9H2,(H2,32,33,34,38)/t17-,19-/m0/s1. The maximum Gasteiger partial charge on any atom is 0.418 e. The van der Waals surface area contributed by atoms with Crippen molar-refractivity contribution >= 4 is 23.5 Å². The van der Waals surface area contributed by atoms with E-state index in [1.807, 2.05) is 0 Å². The second-order valence-electron chi connectivity index (χ2n) is 10.1. The molecule has 0 saturated carbocycles. The number of H-pyrrole nitrogens is 1. The number of nitrogens with zero attached hydrogens (tertiary/aromatic N) is 4. The fourth-order valence-corrected chi connectivity index (χ4v) is 5.60. The number of alkyl halides is 6. The fourth-order valence-electron chi connectivity index (χ4n) is 5.60. The number of anilines is 2. The quantitative estimate of drug-likeness (QED) is 0.493. The van der Waals surface area contributed by atoms with Crippen molar-refractivity contribution in [3.63, 3.8) is 0 Å².